The SMILES string of the molecule is CCN(CC)c1ccc(CNC(=O)C(=O)NC2CCCC2)cc1. The Balaban J connectivity index is 1.80. The van der Waals surface area contributed by atoms with Gasteiger partial charge in [0, 0.05) is 31.4 Å². The minimum atomic E-state index is -0.551. The van der Waals surface area contributed by atoms with Crippen molar-refractivity contribution in [1.82, 2.24) is 10.6 Å². The van der Waals surface area contributed by atoms with E-state index >= 15 is 0 Å². The second-order valence-corrected chi connectivity index (χ2v) is 5.98. The minimum absolute atomic E-state index is 0.168. The van der Waals surface area contributed by atoms with Crippen molar-refractivity contribution in [3.63, 3.8) is 0 Å². The van der Waals surface area contributed by atoms with Crippen LogP contribution in [0.3, 0.4) is 0 Å². The minimum Gasteiger partial charge on any atom is -0.372 e. The molecule has 2 rings (SSSR count). The molecule has 0 heterocycles. The molecule has 0 atom stereocenters. The van der Waals surface area contributed by atoms with Crippen LogP contribution >= 0.6 is 0 Å². The number of carbonyl (C=O) groups is 2. The van der Waals surface area contributed by atoms with Crippen molar-refractivity contribution in [2.45, 2.75) is 52.1 Å². The van der Waals surface area contributed by atoms with Crippen molar-refractivity contribution in [2.75, 3.05) is 18.0 Å². The van der Waals surface area contributed by atoms with Gasteiger partial charge < -0.3 is 15.5 Å². The Kier molecular flexibility index (Phi) is 6.44. The lowest BCUT2D eigenvalue weighted by Crippen LogP contribution is -2.43. The lowest BCUT2D eigenvalue weighted by molar-refractivity contribution is -0.139. The van der Waals surface area contributed by atoms with Crippen LogP contribution in [0.25, 0.3) is 0 Å². The predicted molar refractivity (Wildman–Crippen MR) is 92.2 cm³/mol. The smallest absolute Gasteiger partial charge is 0.309 e. The second-order valence-electron chi connectivity index (χ2n) is 5.98. The Morgan fingerprint density at radius 2 is 1.65 bits per heavy atom. The van der Waals surface area contributed by atoms with E-state index in [9.17, 15) is 9.59 Å². The van der Waals surface area contributed by atoms with Gasteiger partial charge in [-0.05, 0) is 44.4 Å². The van der Waals surface area contributed by atoms with Gasteiger partial charge in [-0.2, -0.15) is 0 Å². The van der Waals surface area contributed by atoms with Gasteiger partial charge in [0.1, 0.15) is 0 Å². The number of nitrogens with one attached hydrogen (secondary N) is 2. The Morgan fingerprint density at radius 1 is 1.04 bits per heavy atom. The van der Waals surface area contributed by atoms with Crippen molar-refractivity contribution in [3.8, 4) is 0 Å². The number of nitrogens with zero attached hydrogens (tertiary/aromatic N) is 1. The third-order valence-electron chi connectivity index (χ3n) is 4.41. The van der Waals surface area contributed by atoms with E-state index in [2.05, 4.69) is 29.4 Å². The van der Waals surface area contributed by atoms with Gasteiger partial charge in [0.05, 0.1) is 0 Å². The van der Waals surface area contributed by atoms with Gasteiger partial charge in [-0.15, -0.1) is 0 Å². The van der Waals surface area contributed by atoms with Gasteiger partial charge in [-0.3, -0.25) is 9.59 Å². The Labute approximate surface area is 138 Å². The molecule has 1 aromatic carbocycles. The average molecular weight is 317 g/mol. The first-order chi connectivity index (χ1) is 11.1. The molecule has 23 heavy (non-hydrogen) atoms. The molecule has 1 aliphatic carbocycles. The maximum absolute atomic E-state index is 11.8. The molecule has 1 aliphatic rings. The molecule has 1 saturated carbocycles. The van der Waals surface area contributed by atoms with Crippen LogP contribution in [0.15, 0.2) is 24.3 Å². The molecule has 1 fully saturated rings. The van der Waals surface area contributed by atoms with Crippen molar-refractivity contribution in [2.24, 2.45) is 0 Å². The summed E-state index contributed by atoms with van der Waals surface area (Å²) in [6.07, 6.45) is 4.22. The van der Waals surface area contributed by atoms with Gasteiger partial charge in [0.2, 0.25) is 0 Å². The molecule has 2 amide bonds. The standard InChI is InChI=1S/C18H27N3O2/c1-3-21(4-2)16-11-9-14(10-12-16)13-19-17(22)18(23)20-15-7-5-6-8-15/h9-12,15H,3-8,13H2,1-2H3,(H,19,22)(H,20,23). The Hall–Kier alpha value is -2.04. The summed E-state index contributed by atoms with van der Waals surface area (Å²) < 4.78 is 0. The molecular formula is C18H27N3O2. The van der Waals surface area contributed by atoms with Gasteiger partial charge >= 0.3 is 11.8 Å². The van der Waals surface area contributed by atoms with E-state index in [1.165, 1.54) is 5.69 Å². The predicted octanol–water partition coefficient (Wildman–Crippen LogP) is 2.21. The number of hydrogen-bond donors (Lipinski definition) is 2. The molecule has 0 radical (unpaired) electrons. The lowest BCUT2D eigenvalue weighted by Gasteiger charge is -2.21. The number of amides is 2. The number of anilines is 1. The van der Waals surface area contributed by atoms with Crippen LogP contribution in [0.2, 0.25) is 0 Å². The average Bonchev–Trinajstić information content (AvgIpc) is 3.07. The van der Waals surface area contributed by atoms with Crippen LogP contribution in [0.4, 0.5) is 5.69 Å². The van der Waals surface area contributed by atoms with Crippen LogP contribution in [-0.2, 0) is 16.1 Å². The monoisotopic (exact) mass is 317 g/mol. The third kappa shape index (κ3) is 4.98. The molecule has 126 valence electrons. The normalized spacial score (nSPS) is 14.5. The fourth-order valence-corrected chi connectivity index (χ4v) is 3.00. The summed E-state index contributed by atoms with van der Waals surface area (Å²) >= 11 is 0. The van der Waals surface area contributed by atoms with Gasteiger partial charge in [-0.1, -0.05) is 25.0 Å². The number of rotatable bonds is 6. The molecular weight excluding hydrogens is 290 g/mol. The first-order valence-corrected chi connectivity index (χ1v) is 8.56. The molecule has 0 aliphatic heterocycles. The molecule has 0 saturated heterocycles. The van der Waals surface area contributed by atoms with E-state index in [0.29, 0.717) is 6.54 Å². The molecule has 0 spiro atoms. The lowest BCUT2D eigenvalue weighted by atomic mass is 10.2. The molecule has 0 aromatic heterocycles. The van der Waals surface area contributed by atoms with Crippen molar-refractivity contribution >= 4 is 17.5 Å². The van der Waals surface area contributed by atoms with Gasteiger partial charge in [-0.25, -0.2) is 0 Å². The van der Waals surface area contributed by atoms with E-state index in [0.717, 1.165) is 44.3 Å². The highest BCUT2D eigenvalue weighted by molar-refractivity contribution is 6.35. The zero-order valence-electron chi connectivity index (χ0n) is 14.1. The molecule has 2 N–H and O–H groups in total. The van der Waals surface area contributed by atoms with Crippen LogP contribution in [0.5, 0.6) is 0 Å². The topological polar surface area (TPSA) is 61.4 Å². The van der Waals surface area contributed by atoms with E-state index in [-0.39, 0.29) is 6.04 Å². The van der Waals surface area contributed by atoms with E-state index in [1.807, 2.05) is 24.3 Å². The molecule has 1 aromatic rings. The fraction of sp³-hybridized carbons (Fsp3) is 0.556. The van der Waals surface area contributed by atoms with Gasteiger partial charge in [0.15, 0.2) is 0 Å². The number of carbonyl (C=O) groups excluding carboxylic acids is 2. The maximum Gasteiger partial charge on any atom is 0.309 e. The number of benzene rings is 1. The zero-order chi connectivity index (χ0) is 16.7. The van der Waals surface area contributed by atoms with Crippen molar-refractivity contribution < 1.29 is 9.59 Å². The van der Waals surface area contributed by atoms with E-state index < -0.39 is 11.8 Å². The van der Waals surface area contributed by atoms with Gasteiger partial charge in [0.25, 0.3) is 0 Å². The highest BCUT2D eigenvalue weighted by atomic mass is 16.2. The van der Waals surface area contributed by atoms with Crippen LogP contribution in [0, 0.1) is 0 Å². The highest BCUT2D eigenvalue weighted by Crippen LogP contribution is 2.17. The summed E-state index contributed by atoms with van der Waals surface area (Å²) in [5.41, 5.74) is 2.16. The Morgan fingerprint density at radius 3 is 2.22 bits per heavy atom. The van der Waals surface area contributed by atoms with Crippen LogP contribution < -0.4 is 15.5 Å². The fourth-order valence-electron chi connectivity index (χ4n) is 3.00. The first-order valence-electron chi connectivity index (χ1n) is 8.56. The molecule has 5 nitrogen and oxygen atoms in total. The maximum atomic E-state index is 11.8. The molecule has 5 heteroatoms. The summed E-state index contributed by atoms with van der Waals surface area (Å²) in [7, 11) is 0. The van der Waals surface area contributed by atoms with Crippen LogP contribution in [0.1, 0.15) is 45.1 Å². The summed E-state index contributed by atoms with van der Waals surface area (Å²) in [4.78, 5) is 25.9. The second kappa shape index (κ2) is 8.56. The molecule has 0 unspecified atom stereocenters. The quantitative estimate of drug-likeness (QED) is 0.791. The largest absolute Gasteiger partial charge is 0.372 e. The summed E-state index contributed by atoms with van der Waals surface area (Å²) in [6.45, 7) is 6.55. The third-order valence-corrected chi connectivity index (χ3v) is 4.41. The number of hydrogen-bond acceptors (Lipinski definition) is 3. The zero-order valence-corrected chi connectivity index (χ0v) is 14.1. The summed E-state index contributed by atoms with van der Waals surface area (Å²) in [5.74, 6) is -1.07. The van der Waals surface area contributed by atoms with E-state index in [4.69, 9.17) is 0 Å². The van der Waals surface area contributed by atoms with E-state index in [1.54, 1.807) is 0 Å². The molecule has 0 bridgehead atoms. The highest BCUT2D eigenvalue weighted by Gasteiger charge is 2.21. The first kappa shape index (κ1) is 17.3. The Bertz CT molecular complexity index is 518. The summed E-state index contributed by atoms with van der Waals surface area (Å²) in [6, 6.07) is 8.24. The van der Waals surface area contributed by atoms with Crippen molar-refractivity contribution in [1.29, 1.82) is 0 Å². The van der Waals surface area contributed by atoms with Crippen molar-refractivity contribution in [3.05, 3.63) is 29.8 Å². The summed E-state index contributed by atoms with van der Waals surface area (Å²) in [5, 5.41) is 5.48. The van der Waals surface area contributed by atoms with Crippen LogP contribution in [-0.4, -0.2) is 30.9 Å².